The van der Waals surface area contributed by atoms with Crippen LogP contribution in [0.1, 0.15) is 19.4 Å². The molecule has 0 atom stereocenters. The lowest BCUT2D eigenvalue weighted by atomic mass is 10.1. The third kappa shape index (κ3) is 4.44. The smallest absolute Gasteiger partial charge is 0.160 e. The van der Waals surface area contributed by atoms with Gasteiger partial charge in [-0.05, 0) is 33.5 Å². The fourth-order valence-electron chi connectivity index (χ4n) is 1.93. The van der Waals surface area contributed by atoms with Crippen LogP contribution in [-0.4, -0.2) is 26.8 Å². The van der Waals surface area contributed by atoms with Gasteiger partial charge in [-0.15, -0.1) is 0 Å². The molecule has 0 radical (unpaired) electrons. The Hall–Kier alpha value is -0.650. The lowest BCUT2D eigenvalue weighted by Gasteiger charge is -2.27. The molecule has 5 heteroatoms. The highest BCUT2D eigenvalue weighted by molar-refractivity contribution is 9.10. The second kappa shape index (κ2) is 7.82. The van der Waals surface area contributed by atoms with Crippen LogP contribution in [0.25, 0.3) is 0 Å². The van der Waals surface area contributed by atoms with E-state index in [1.54, 1.807) is 13.2 Å². The van der Waals surface area contributed by atoms with Crippen LogP contribution in [0.4, 0.5) is 10.1 Å². The van der Waals surface area contributed by atoms with Crippen LogP contribution in [0.3, 0.4) is 0 Å². The van der Waals surface area contributed by atoms with Crippen molar-refractivity contribution in [1.82, 2.24) is 0 Å². The number of hydrogen-bond donors (Lipinski definition) is 1. The van der Waals surface area contributed by atoms with E-state index in [1.165, 1.54) is 0 Å². The molecule has 1 rings (SSSR count). The molecule has 1 aromatic carbocycles. The minimum atomic E-state index is -0.250. The molecule has 0 aliphatic heterocycles. The molecule has 0 amide bonds. The molecule has 1 aromatic rings. The summed E-state index contributed by atoms with van der Waals surface area (Å²) in [7, 11) is 1.65. The summed E-state index contributed by atoms with van der Waals surface area (Å²) in [6.07, 6.45) is 0. The zero-order chi connectivity index (χ0) is 14.4. The quantitative estimate of drug-likeness (QED) is 0.833. The number of nitrogens with two attached hydrogens (primary N) is 1. The first kappa shape index (κ1) is 16.4. The van der Waals surface area contributed by atoms with Crippen molar-refractivity contribution in [3.05, 3.63) is 28.0 Å². The van der Waals surface area contributed by atoms with E-state index < -0.39 is 0 Å². The average molecular weight is 333 g/mol. The Morgan fingerprint density at radius 1 is 1.42 bits per heavy atom. The first-order valence-electron chi connectivity index (χ1n) is 6.42. The summed E-state index contributed by atoms with van der Waals surface area (Å²) in [5, 5.41) is 0. The third-order valence-corrected chi connectivity index (χ3v) is 3.71. The Morgan fingerprint density at radius 3 is 2.63 bits per heavy atom. The van der Waals surface area contributed by atoms with Crippen molar-refractivity contribution in [1.29, 1.82) is 0 Å². The Labute approximate surface area is 123 Å². The molecule has 0 spiro atoms. The van der Waals surface area contributed by atoms with E-state index >= 15 is 0 Å². The van der Waals surface area contributed by atoms with Crippen LogP contribution in [0, 0.1) is 11.7 Å². The summed E-state index contributed by atoms with van der Waals surface area (Å²) < 4.78 is 19.9. The summed E-state index contributed by atoms with van der Waals surface area (Å²) in [5.41, 5.74) is 6.94. The van der Waals surface area contributed by atoms with Gasteiger partial charge in [0.15, 0.2) is 5.82 Å². The van der Waals surface area contributed by atoms with Crippen molar-refractivity contribution in [3.8, 4) is 0 Å². The third-order valence-electron chi connectivity index (χ3n) is 2.85. The Bertz CT molecular complexity index is 413. The van der Waals surface area contributed by atoms with Gasteiger partial charge in [0, 0.05) is 26.7 Å². The van der Waals surface area contributed by atoms with Gasteiger partial charge in [-0.25, -0.2) is 4.39 Å². The maximum Gasteiger partial charge on any atom is 0.160 e. The summed E-state index contributed by atoms with van der Waals surface area (Å²) >= 11 is 3.28. The molecule has 0 aromatic heterocycles. The van der Waals surface area contributed by atoms with Crippen molar-refractivity contribution in [3.63, 3.8) is 0 Å². The van der Waals surface area contributed by atoms with Gasteiger partial charge in [-0.2, -0.15) is 0 Å². The van der Waals surface area contributed by atoms with Gasteiger partial charge in [-0.1, -0.05) is 19.9 Å². The second-order valence-corrected chi connectivity index (χ2v) is 5.70. The molecule has 2 N–H and O–H groups in total. The largest absolute Gasteiger partial charge is 0.383 e. The van der Waals surface area contributed by atoms with Crippen LogP contribution < -0.4 is 10.6 Å². The van der Waals surface area contributed by atoms with E-state index in [0.717, 1.165) is 12.1 Å². The normalized spacial score (nSPS) is 11.1. The number of benzene rings is 1. The highest BCUT2D eigenvalue weighted by atomic mass is 79.9. The Balaban J connectivity index is 3.04. The first-order valence-corrected chi connectivity index (χ1v) is 7.21. The molecule has 0 unspecified atom stereocenters. The summed E-state index contributed by atoms with van der Waals surface area (Å²) in [5.74, 6) is 0.198. The maximum absolute atomic E-state index is 14.4. The van der Waals surface area contributed by atoms with Crippen LogP contribution in [0.2, 0.25) is 0 Å². The molecule has 0 bridgehead atoms. The highest BCUT2D eigenvalue weighted by Gasteiger charge is 2.16. The van der Waals surface area contributed by atoms with Gasteiger partial charge in [0.1, 0.15) is 0 Å². The van der Waals surface area contributed by atoms with Crippen molar-refractivity contribution < 1.29 is 9.13 Å². The van der Waals surface area contributed by atoms with Gasteiger partial charge in [0.05, 0.1) is 16.8 Å². The van der Waals surface area contributed by atoms with Gasteiger partial charge in [0.25, 0.3) is 0 Å². The van der Waals surface area contributed by atoms with E-state index in [-0.39, 0.29) is 5.82 Å². The SMILES string of the molecule is COCCN(CC(C)C)c1ccc(CN)c(Br)c1F. The van der Waals surface area contributed by atoms with Gasteiger partial charge < -0.3 is 15.4 Å². The van der Waals surface area contributed by atoms with E-state index in [4.69, 9.17) is 10.5 Å². The van der Waals surface area contributed by atoms with Crippen LogP contribution in [0.15, 0.2) is 16.6 Å². The van der Waals surface area contributed by atoms with Gasteiger partial charge >= 0.3 is 0 Å². The number of nitrogens with zero attached hydrogens (tertiary/aromatic N) is 1. The molecule has 0 saturated carbocycles. The van der Waals surface area contributed by atoms with E-state index in [9.17, 15) is 4.39 Å². The van der Waals surface area contributed by atoms with Gasteiger partial charge in [-0.3, -0.25) is 0 Å². The number of anilines is 1. The molecule has 3 nitrogen and oxygen atoms in total. The molecule has 0 fully saturated rings. The number of hydrogen-bond acceptors (Lipinski definition) is 3. The fraction of sp³-hybridized carbons (Fsp3) is 0.571. The molecule has 108 valence electrons. The molecule has 0 heterocycles. The van der Waals surface area contributed by atoms with Crippen LogP contribution >= 0.6 is 15.9 Å². The molecular formula is C14H22BrFN2O. The van der Waals surface area contributed by atoms with Crippen molar-refractivity contribution in [2.45, 2.75) is 20.4 Å². The predicted molar refractivity (Wildman–Crippen MR) is 80.9 cm³/mol. The Morgan fingerprint density at radius 2 is 2.11 bits per heavy atom. The minimum absolute atomic E-state index is 0.250. The molecule has 19 heavy (non-hydrogen) atoms. The molecular weight excluding hydrogens is 311 g/mol. The summed E-state index contributed by atoms with van der Waals surface area (Å²) in [6.45, 7) is 6.57. The van der Waals surface area contributed by atoms with E-state index in [1.807, 2.05) is 11.0 Å². The standard InChI is InChI=1S/C14H22BrFN2O/c1-10(2)9-18(6-7-19-3)12-5-4-11(8-17)13(15)14(12)16/h4-5,10H,6-9,17H2,1-3H3. The minimum Gasteiger partial charge on any atom is -0.383 e. The number of ether oxygens (including phenoxy) is 1. The topological polar surface area (TPSA) is 38.5 Å². The highest BCUT2D eigenvalue weighted by Crippen LogP contribution is 2.29. The summed E-state index contributed by atoms with van der Waals surface area (Å²) in [4.78, 5) is 2.01. The number of rotatable bonds is 7. The number of halogens is 2. The number of methoxy groups -OCH3 is 1. The molecule has 0 aliphatic rings. The van der Waals surface area contributed by atoms with Crippen LogP contribution in [0.5, 0.6) is 0 Å². The van der Waals surface area contributed by atoms with E-state index in [0.29, 0.717) is 35.8 Å². The maximum atomic E-state index is 14.4. The summed E-state index contributed by atoms with van der Waals surface area (Å²) in [6, 6.07) is 3.66. The molecule has 0 aliphatic carbocycles. The fourth-order valence-corrected chi connectivity index (χ4v) is 2.43. The van der Waals surface area contributed by atoms with Crippen molar-refractivity contribution in [2.24, 2.45) is 11.7 Å². The van der Waals surface area contributed by atoms with E-state index in [2.05, 4.69) is 29.8 Å². The van der Waals surface area contributed by atoms with Crippen molar-refractivity contribution >= 4 is 21.6 Å². The lowest BCUT2D eigenvalue weighted by molar-refractivity contribution is 0.204. The zero-order valence-electron chi connectivity index (χ0n) is 11.7. The molecule has 0 saturated heterocycles. The van der Waals surface area contributed by atoms with Crippen molar-refractivity contribution in [2.75, 3.05) is 31.7 Å². The van der Waals surface area contributed by atoms with Gasteiger partial charge in [0.2, 0.25) is 0 Å². The zero-order valence-corrected chi connectivity index (χ0v) is 13.3. The monoisotopic (exact) mass is 332 g/mol. The second-order valence-electron chi connectivity index (χ2n) is 4.91. The predicted octanol–water partition coefficient (Wildman–Crippen LogP) is 3.16. The lowest BCUT2D eigenvalue weighted by Crippen LogP contribution is -2.31. The Kier molecular flexibility index (Phi) is 6.75. The average Bonchev–Trinajstić information content (AvgIpc) is 2.37. The van der Waals surface area contributed by atoms with Crippen LogP contribution in [-0.2, 0) is 11.3 Å². The first-order chi connectivity index (χ1) is 9.01.